The number of carbonyl (C=O) groups excluding carboxylic acids is 1. The first-order valence-corrected chi connectivity index (χ1v) is 9.91. The van der Waals surface area contributed by atoms with Crippen molar-refractivity contribution < 1.29 is 9.53 Å². The van der Waals surface area contributed by atoms with Gasteiger partial charge in [0.05, 0.1) is 12.7 Å². The molecule has 1 amide bonds. The molecule has 0 unspecified atom stereocenters. The summed E-state index contributed by atoms with van der Waals surface area (Å²) in [6.07, 6.45) is 0. The summed E-state index contributed by atoms with van der Waals surface area (Å²) in [7, 11) is 1.55. The van der Waals surface area contributed by atoms with E-state index in [0.717, 1.165) is 24.7 Å². The molecule has 1 saturated heterocycles. The van der Waals surface area contributed by atoms with E-state index in [1.807, 2.05) is 17.0 Å². The Morgan fingerprint density at radius 2 is 1.82 bits per heavy atom. The van der Waals surface area contributed by atoms with Crippen molar-refractivity contribution in [2.45, 2.75) is 13.8 Å². The van der Waals surface area contributed by atoms with Crippen LogP contribution in [0.1, 0.15) is 24.2 Å². The molecule has 1 aliphatic rings. The Labute approximate surface area is 170 Å². The molecular formula is C20H26ClN5O2. The number of carbonyl (C=O) groups is 1. The Morgan fingerprint density at radius 3 is 2.39 bits per heavy atom. The Kier molecular flexibility index (Phi) is 6.57. The lowest BCUT2D eigenvalue weighted by atomic mass is 10.1. The second-order valence-corrected chi connectivity index (χ2v) is 6.98. The monoisotopic (exact) mass is 403 g/mol. The summed E-state index contributed by atoms with van der Waals surface area (Å²) in [5.41, 5.74) is 0.492. The summed E-state index contributed by atoms with van der Waals surface area (Å²) >= 11 is 6.06. The van der Waals surface area contributed by atoms with E-state index >= 15 is 0 Å². The van der Waals surface area contributed by atoms with Crippen molar-refractivity contribution in [2.75, 3.05) is 56.2 Å². The van der Waals surface area contributed by atoms with Crippen LogP contribution in [0.4, 0.5) is 11.6 Å². The Morgan fingerprint density at radius 1 is 1.11 bits per heavy atom. The average molecular weight is 404 g/mol. The maximum atomic E-state index is 12.9. The molecule has 2 heterocycles. The fourth-order valence-electron chi connectivity index (χ4n) is 3.36. The van der Waals surface area contributed by atoms with Gasteiger partial charge < -0.3 is 19.4 Å². The van der Waals surface area contributed by atoms with Gasteiger partial charge in [-0.25, -0.2) is 0 Å². The van der Waals surface area contributed by atoms with Crippen LogP contribution < -0.4 is 14.5 Å². The first-order valence-electron chi connectivity index (χ1n) is 9.53. The number of anilines is 2. The van der Waals surface area contributed by atoms with Crippen LogP contribution in [0.5, 0.6) is 5.75 Å². The van der Waals surface area contributed by atoms with Gasteiger partial charge in [0.25, 0.3) is 5.91 Å². The molecule has 1 fully saturated rings. The molecular weight excluding hydrogens is 378 g/mol. The number of hydrogen-bond acceptors (Lipinski definition) is 6. The van der Waals surface area contributed by atoms with Crippen LogP contribution in [-0.4, -0.2) is 67.4 Å². The lowest BCUT2D eigenvalue weighted by Crippen LogP contribution is -2.49. The van der Waals surface area contributed by atoms with E-state index in [0.29, 0.717) is 42.5 Å². The zero-order valence-corrected chi connectivity index (χ0v) is 17.3. The fourth-order valence-corrected chi connectivity index (χ4v) is 3.53. The maximum Gasteiger partial charge on any atom is 0.257 e. The van der Waals surface area contributed by atoms with Gasteiger partial charge in [0.15, 0.2) is 11.6 Å². The number of hydrogen-bond donors (Lipinski definition) is 0. The largest absolute Gasteiger partial charge is 0.496 e. The third kappa shape index (κ3) is 4.30. The Bertz CT molecular complexity index is 803. The van der Waals surface area contributed by atoms with E-state index in [1.165, 1.54) is 0 Å². The molecule has 0 radical (unpaired) electrons. The van der Waals surface area contributed by atoms with Crippen LogP contribution >= 0.6 is 11.6 Å². The molecule has 0 aliphatic carbocycles. The summed E-state index contributed by atoms with van der Waals surface area (Å²) in [5, 5.41) is 9.25. The van der Waals surface area contributed by atoms with Crippen molar-refractivity contribution in [3.63, 3.8) is 0 Å². The van der Waals surface area contributed by atoms with Crippen molar-refractivity contribution >= 4 is 29.1 Å². The van der Waals surface area contributed by atoms with E-state index in [9.17, 15) is 4.79 Å². The van der Waals surface area contributed by atoms with E-state index in [-0.39, 0.29) is 5.91 Å². The minimum Gasteiger partial charge on any atom is -0.496 e. The van der Waals surface area contributed by atoms with Gasteiger partial charge in [-0.2, -0.15) is 0 Å². The van der Waals surface area contributed by atoms with Crippen LogP contribution in [0.15, 0.2) is 30.3 Å². The zero-order chi connectivity index (χ0) is 20.1. The van der Waals surface area contributed by atoms with Crippen LogP contribution in [0.25, 0.3) is 0 Å². The summed E-state index contributed by atoms with van der Waals surface area (Å²) in [4.78, 5) is 19.0. The van der Waals surface area contributed by atoms with Gasteiger partial charge in [-0.15, -0.1) is 10.2 Å². The summed E-state index contributed by atoms with van der Waals surface area (Å²) in [5.74, 6) is 2.19. The first kappa shape index (κ1) is 20.2. The minimum absolute atomic E-state index is 0.0676. The molecule has 8 heteroatoms. The molecule has 3 rings (SSSR count). The molecule has 0 saturated carbocycles. The molecule has 150 valence electrons. The van der Waals surface area contributed by atoms with Crippen molar-refractivity contribution in [2.24, 2.45) is 0 Å². The van der Waals surface area contributed by atoms with Gasteiger partial charge in [0.1, 0.15) is 5.75 Å². The smallest absolute Gasteiger partial charge is 0.257 e. The molecule has 2 aromatic rings. The number of methoxy groups -OCH3 is 1. The molecule has 0 atom stereocenters. The molecule has 1 aliphatic heterocycles. The number of nitrogens with zero attached hydrogens (tertiary/aromatic N) is 5. The van der Waals surface area contributed by atoms with Crippen LogP contribution in [0.2, 0.25) is 5.02 Å². The van der Waals surface area contributed by atoms with Gasteiger partial charge in [-0.05, 0) is 44.2 Å². The van der Waals surface area contributed by atoms with Crippen molar-refractivity contribution in [1.29, 1.82) is 0 Å². The van der Waals surface area contributed by atoms with Crippen molar-refractivity contribution in [1.82, 2.24) is 15.1 Å². The lowest BCUT2D eigenvalue weighted by Gasteiger charge is -2.35. The number of rotatable bonds is 6. The highest BCUT2D eigenvalue weighted by Gasteiger charge is 2.25. The third-order valence-electron chi connectivity index (χ3n) is 5.01. The minimum atomic E-state index is -0.0676. The van der Waals surface area contributed by atoms with Gasteiger partial charge in [-0.1, -0.05) is 11.6 Å². The average Bonchev–Trinajstić information content (AvgIpc) is 2.75. The second kappa shape index (κ2) is 9.10. The van der Waals surface area contributed by atoms with Gasteiger partial charge in [-0.3, -0.25) is 4.79 Å². The Hall–Kier alpha value is -2.54. The van der Waals surface area contributed by atoms with Gasteiger partial charge >= 0.3 is 0 Å². The van der Waals surface area contributed by atoms with E-state index in [2.05, 4.69) is 33.8 Å². The zero-order valence-electron chi connectivity index (χ0n) is 16.6. The number of ether oxygens (including phenoxy) is 1. The summed E-state index contributed by atoms with van der Waals surface area (Å²) < 4.78 is 5.31. The number of benzene rings is 1. The quantitative estimate of drug-likeness (QED) is 0.739. The predicted octanol–water partition coefficient (Wildman–Crippen LogP) is 2.95. The second-order valence-electron chi connectivity index (χ2n) is 6.55. The lowest BCUT2D eigenvalue weighted by molar-refractivity contribution is 0.0743. The number of piperazine rings is 1. The van der Waals surface area contributed by atoms with Crippen molar-refractivity contribution in [3.8, 4) is 5.75 Å². The fraction of sp³-hybridized carbons (Fsp3) is 0.450. The third-order valence-corrected chi connectivity index (χ3v) is 5.24. The van der Waals surface area contributed by atoms with Gasteiger partial charge in [0, 0.05) is 44.3 Å². The van der Waals surface area contributed by atoms with E-state index < -0.39 is 0 Å². The van der Waals surface area contributed by atoms with Crippen LogP contribution in [0.3, 0.4) is 0 Å². The van der Waals surface area contributed by atoms with Crippen LogP contribution in [-0.2, 0) is 0 Å². The maximum absolute atomic E-state index is 12.9. The summed E-state index contributed by atoms with van der Waals surface area (Å²) in [6, 6.07) is 9.10. The number of amides is 1. The Balaban J connectivity index is 1.64. The van der Waals surface area contributed by atoms with E-state index in [4.69, 9.17) is 16.3 Å². The highest BCUT2D eigenvalue weighted by atomic mass is 35.5. The number of halogens is 1. The van der Waals surface area contributed by atoms with Crippen molar-refractivity contribution in [3.05, 3.63) is 40.9 Å². The molecule has 0 spiro atoms. The predicted molar refractivity (Wildman–Crippen MR) is 112 cm³/mol. The molecule has 0 bridgehead atoms. The molecule has 1 aromatic carbocycles. The standard InChI is InChI=1S/C20H26ClN5O2/c1-4-24(5-2)18-8-9-19(23-22-18)25-10-12-26(13-11-25)20(27)16-14-15(21)6-7-17(16)28-3/h6-9,14H,4-5,10-13H2,1-3H3. The molecule has 7 nitrogen and oxygen atoms in total. The highest BCUT2D eigenvalue weighted by molar-refractivity contribution is 6.31. The molecule has 28 heavy (non-hydrogen) atoms. The topological polar surface area (TPSA) is 61.8 Å². The SMILES string of the molecule is CCN(CC)c1ccc(N2CCN(C(=O)c3cc(Cl)ccc3OC)CC2)nn1. The van der Waals surface area contributed by atoms with Crippen LogP contribution in [0, 0.1) is 0 Å². The normalized spacial score (nSPS) is 14.1. The van der Waals surface area contributed by atoms with Gasteiger partial charge in [0.2, 0.25) is 0 Å². The highest BCUT2D eigenvalue weighted by Crippen LogP contribution is 2.25. The van der Waals surface area contributed by atoms with E-state index in [1.54, 1.807) is 25.3 Å². The first-order chi connectivity index (χ1) is 13.6. The summed E-state index contributed by atoms with van der Waals surface area (Å²) in [6.45, 7) is 8.62. The molecule has 1 aromatic heterocycles. The number of aromatic nitrogens is 2. The molecule has 0 N–H and O–H groups in total.